The van der Waals surface area contributed by atoms with Gasteiger partial charge < -0.3 is 10.6 Å². The first-order valence-corrected chi connectivity index (χ1v) is 4.73. The molecule has 0 aliphatic rings. The second-order valence-corrected chi connectivity index (χ2v) is 3.04. The van der Waals surface area contributed by atoms with Crippen LogP contribution in [0.3, 0.4) is 0 Å². The predicted molar refractivity (Wildman–Crippen MR) is 62.7 cm³/mol. The number of nitrogens with one attached hydrogen (secondary N) is 2. The van der Waals surface area contributed by atoms with Crippen molar-refractivity contribution >= 4 is 17.3 Å². The molecule has 0 heterocycles. The zero-order chi connectivity index (χ0) is 11.1. The average Bonchev–Trinajstić information content (AvgIpc) is 2.18. The minimum absolute atomic E-state index is 0.0690. The second kappa shape index (κ2) is 5.71. The highest BCUT2D eigenvalue weighted by Gasteiger charge is 1.96. The summed E-state index contributed by atoms with van der Waals surface area (Å²) in [6.07, 6.45) is 0. The third-order valence-electron chi connectivity index (χ3n) is 1.74. The van der Waals surface area contributed by atoms with Gasteiger partial charge in [-0.3, -0.25) is 4.79 Å². The molecule has 0 saturated heterocycles. The molecule has 1 rings (SSSR count). The van der Waals surface area contributed by atoms with Gasteiger partial charge in [0.05, 0.1) is 6.54 Å². The molecule has 15 heavy (non-hydrogen) atoms. The number of amides is 1. The van der Waals surface area contributed by atoms with Crippen LogP contribution in [0.25, 0.3) is 0 Å². The van der Waals surface area contributed by atoms with Crippen LogP contribution in [0.15, 0.2) is 24.3 Å². The Morgan fingerprint density at radius 2 is 2.13 bits per heavy atom. The molecule has 0 fully saturated rings. The van der Waals surface area contributed by atoms with Crippen LogP contribution in [-0.2, 0) is 4.79 Å². The van der Waals surface area contributed by atoms with Crippen molar-refractivity contribution in [3.05, 3.63) is 24.3 Å². The lowest BCUT2D eigenvalue weighted by Crippen LogP contribution is -2.06. The van der Waals surface area contributed by atoms with Gasteiger partial charge in [-0.2, -0.15) is 0 Å². The number of carbonyl (C=O) groups excluding carboxylic acids is 1. The van der Waals surface area contributed by atoms with Crippen molar-refractivity contribution in [3.63, 3.8) is 0 Å². The number of hydrogen-bond donors (Lipinski definition) is 2. The number of carbonyl (C=O) groups is 1. The van der Waals surface area contributed by atoms with E-state index in [1.807, 2.05) is 24.3 Å². The molecule has 2 N–H and O–H groups in total. The highest BCUT2D eigenvalue weighted by atomic mass is 16.1. The van der Waals surface area contributed by atoms with Gasteiger partial charge in [-0.15, -0.1) is 5.92 Å². The van der Waals surface area contributed by atoms with Crippen LogP contribution >= 0.6 is 0 Å². The van der Waals surface area contributed by atoms with Gasteiger partial charge in [0.1, 0.15) is 0 Å². The molecule has 1 amide bonds. The number of benzene rings is 1. The number of hydrogen-bond acceptors (Lipinski definition) is 2. The maximum atomic E-state index is 10.8. The topological polar surface area (TPSA) is 41.1 Å². The summed E-state index contributed by atoms with van der Waals surface area (Å²) in [6, 6.07) is 7.53. The highest BCUT2D eigenvalue weighted by molar-refractivity contribution is 5.89. The van der Waals surface area contributed by atoms with Gasteiger partial charge in [0.2, 0.25) is 5.91 Å². The summed E-state index contributed by atoms with van der Waals surface area (Å²) in [7, 11) is 0. The van der Waals surface area contributed by atoms with Gasteiger partial charge in [-0.1, -0.05) is 12.0 Å². The van der Waals surface area contributed by atoms with Crippen molar-refractivity contribution in [2.45, 2.75) is 13.8 Å². The van der Waals surface area contributed by atoms with E-state index in [9.17, 15) is 4.79 Å². The Kier molecular flexibility index (Phi) is 4.24. The second-order valence-electron chi connectivity index (χ2n) is 3.04. The Labute approximate surface area is 89.9 Å². The number of anilines is 2. The van der Waals surface area contributed by atoms with Crippen LogP contribution in [0.4, 0.5) is 11.4 Å². The van der Waals surface area contributed by atoms with Gasteiger partial charge in [-0.05, 0) is 25.1 Å². The first-order valence-electron chi connectivity index (χ1n) is 4.73. The molecule has 0 spiro atoms. The molecule has 0 aliphatic carbocycles. The molecule has 0 aromatic heterocycles. The Balaban J connectivity index is 2.64. The van der Waals surface area contributed by atoms with Gasteiger partial charge in [-0.25, -0.2) is 0 Å². The molecule has 3 nitrogen and oxygen atoms in total. The quantitative estimate of drug-likeness (QED) is 0.737. The van der Waals surface area contributed by atoms with Crippen LogP contribution in [0.2, 0.25) is 0 Å². The van der Waals surface area contributed by atoms with Crippen molar-refractivity contribution in [2.75, 3.05) is 17.2 Å². The van der Waals surface area contributed by atoms with E-state index in [4.69, 9.17) is 0 Å². The maximum absolute atomic E-state index is 10.8. The Hall–Kier alpha value is -1.95. The van der Waals surface area contributed by atoms with Gasteiger partial charge in [0.25, 0.3) is 0 Å². The fraction of sp³-hybridized carbons (Fsp3) is 0.250. The molecule has 0 radical (unpaired) electrons. The van der Waals surface area contributed by atoms with E-state index in [2.05, 4.69) is 22.5 Å². The van der Waals surface area contributed by atoms with Crippen LogP contribution in [0.1, 0.15) is 13.8 Å². The Morgan fingerprint density at radius 3 is 2.80 bits per heavy atom. The minimum atomic E-state index is -0.0690. The summed E-state index contributed by atoms with van der Waals surface area (Å²) >= 11 is 0. The Bertz CT molecular complexity index is 402. The van der Waals surface area contributed by atoms with Crippen LogP contribution < -0.4 is 10.6 Å². The van der Waals surface area contributed by atoms with E-state index >= 15 is 0 Å². The third-order valence-corrected chi connectivity index (χ3v) is 1.74. The van der Waals surface area contributed by atoms with E-state index in [1.54, 1.807) is 6.92 Å². The lowest BCUT2D eigenvalue weighted by molar-refractivity contribution is -0.114. The van der Waals surface area contributed by atoms with E-state index in [0.717, 1.165) is 11.4 Å². The lowest BCUT2D eigenvalue weighted by Gasteiger charge is -2.05. The molecule has 1 aromatic carbocycles. The fourth-order valence-electron chi connectivity index (χ4n) is 1.14. The molecule has 1 aromatic rings. The van der Waals surface area contributed by atoms with E-state index in [-0.39, 0.29) is 5.91 Å². The van der Waals surface area contributed by atoms with Gasteiger partial charge in [0.15, 0.2) is 0 Å². The van der Waals surface area contributed by atoms with Crippen molar-refractivity contribution in [2.24, 2.45) is 0 Å². The SMILES string of the molecule is CC#CCNc1cccc(NC(C)=O)c1. The standard InChI is InChI=1S/C12H14N2O/c1-3-4-8-13-11-6-5-7-12(9-11)14-10(2)15/h5-7,9,13H,8H2,1-2H3,(H,14,15). The predicted octanol–water partition coefficient (Wildman–Crippen LogP) is 2.08. The maximum Gasteiger partial charge on any atom is 0.221 e. The molecule has 0 aliphatic heterocycles. The van der Waals surface area contributed by atoms with E-state index in [1.165, 1.54) is 6.92 Å². The van der Waals surface area contributed by atoms with Crippen LogP contribution in [0.5, 0.6) is 0 Å². The molecular formula is C12H14N2O. The first-order chi connectivity index (χ1) is 7.22. The molecule has 0 atom stereocenters. The summed E-state index contributed by atoms with van der Waals surface area (Å²) in [6.45, 7) is 3.90. The van der Waals surface area contributed by atoms with Crippen molar-refractivity contribution in [1.82, 2.24) is 0 Å². The zero-order valence-corrected chi connectivity index (χ0v) is 8.92. The summed E-state index contributed by atoms with van der Waals surface area (Å²) in [5.74, 6) is 5.64. The molecule has 0 unspecified atom stereocenters. The fourth-order valence-corrected chi connectivity index (χ4v) is 1.14. The van der Waals surface area contributed by atoms with Crippen LogP contribution in [-0.4, -0.2) is 12.5 Å². The van der Waals surface area contributed by atoms with Crippen molar-refractivity contribution in [1.29, 1.82) is 0 Å². The third kappa shape index (κ3) is 4.19. The largest absolute Gasteiger partial charge is 0.374 e. The summed E-state index contributed by atoms with van der Waals surface area (Å²) in [4.78, 5) is 10.8. The first kappa shape index (κ1) is 11.1. The Morgan fingerprint density at radius 1 is 1.40 bits per heavy atom. The lowest BCUT2D eigenvalue weighted by atomic mass is 10.2. The summed E-state index contributed by atoms with van der Waals surface area (Å²) in [5, 5.41) is 5.85. The zero-order valence-electron chi connectivity index (χ0n) is 8.92. The van der Waals surface area contributed by atoms with Crippen LogP contribution in [0, 0.1) is 11.8 Å². The normalized spacial score (nSPS) is 8.67. The molecule has 3 heteroatoms. The monoisotopic (exact) mass is 202 g/mol. The van der Waals surface area contributed by atoms with Crippen molar-refractivity contribution < 1.29 is 4.79 Å². The van der Waals surface area contributed by atoms with E-state index < -0.39 is 0 Å². The summed E-state index contributed by atoms with van der Waals surface area (Å²) in [5.41, 5.74) is 1.74. The van der Waals surface area contributed by atoms with Crippen molar-refractivity contribution in [3.8, 4) is 11.8 Å². The van der Waals surface area contributed by atoms with Gasteiger partial charge >= 0.3 is 0 Å². The van der Waals surface area contributed by atoms with E-state index in [0.29, 0.717) is 6.54 Å². The summed E-state index contributed by atoms with van der Waals surface area (Å²) < 4.78 is 0. The van der Waals surface area contributed by atoms with Gasteiger partial charge in [0, 0.05) is 18.3 Å². The molecule has 0 saturated carbocycles. The minimum Gasteiger partial charge on any atom is -0.374 e. The number of rotatable bonds is 3. The highest BCUT2D eigenvalue weighted by Crippen LogP contribution is 2.14. The smallest absolute Gasteiger partial charge is 0.221 e. The average molecular weight is 202 g/mol. The molecule has 78 valence electrons. The molecular weight excluding hydrogens is 188 g/mol. The molecule has 0 bridgehead atoms.